The van der Waals surface area contributed by atoms with Crippen molar-refractivity contribution in [2.45, 2.75) is 25.4 Å². The summed E-state index contributed by atoms with van der Waals surface area (Å²) >= 11 is 6.69. The van der Waals surface area contributed by atoms with Crippen LogP contribution >= 0.6 is 23.6 Å². The van der Waals surface area contributed by atoms with E-state index in [9.17, 15) is 4.79 Å². The van der Waals surface area contributed by atoms with Gasteiger partial charge in [-0.3, -0.25) is 15.1 Å². The van der Waals surface area contributed by atoms with E-state index in [2.05, 4.69) is 31.5 Å². The number of thiazole rings is 1. The molecule has 4 heterocycles. The Hall–Kier alpha value is -3.99. The van der Waals surface area contributed by atoms with Crippen molar-refractivity contribution < 1.29 is 9.21 Å². The standard InChI is InChI=1S/C28H24N6O2S2/c35-27(24(12-18-4-2-1-3-5-18)30-15-21-16-38-17-31-21)34-11-8-22-23(26-32-33-28(37)36-26)13-20(14-25(22)34)19-6-9-29-10-7-19/h1-7,9-10,13-14,16-17,24,30H,8,11-12,15H2,(H,33,37)/t24-/m0/s1. The summed E-state index contributed by atoms with van der Waals surface area (Å²) in [6, 6.07) is 17.7. The smallest absolute Gasteiger partial charge is 0.284 e. The lowest BCUT2D eigenvalue weighted by Crippen LogP contribution is -2.47. The van der Waals surface area contributed by atoms with Gasteiger partial charge in [-0.1, -0.05) is 30.3 Å². The molecule has 0 unspecified atom stereocenters. The van der Waals surface area contributed by atoms with Crippen molar-refractivity contribution in [2.75, 3.05) is 11.4 Å². The first kappa shape index (κ1) is 24.4. The number of carbonyl (C=O) groups excluding carboxylic acids is 1. The molecule has 1 amide bonds. The first-order valence-corrected chi connectivity index (χ1v) is 13.6. The predicted molar refractivity (Wildman–Crippen MR) is 149 cm³/mol. The number of aromatic nitrogens is 4. The Balaban J connectivity index is 1.38. The summed E-state index contributed by atoms with van der Waals surface area (Å²) in [5.74, 6) is 0.433. The van der Waals surface area contributed by atoms with E-state index >= 15 is 0 Å². The summed E-state index contributed by atoms with van der Waals surface area (Å²) in [4.78, 5) is 24.8. The zero-order chi connectivity index (χ0) is 25.9. The zero-order valence-electron chi connectivity index (χ0n) is 20.3. The van der Waals surface area contributed by atoms with Gasteiger partial charge in [0.05, 0.1) is 17.2 Å². The summed E-state index contributed by atoms with van der Waals surface area (Å²) < 4.78 is 5.70. The van der Waals surface area contributed by atoms with E-state index in [0.29, 0.717) is 31.8 Å². The molecule has 0 saturated carbocycles. The molecule has 0 fully saturated rings. The number of hydrogen-bond donors (Lipinski definition) is 2. The van der Waals surface area contributed by atoms with E-state index in [4.69, 9.17) is 16.6 Å². The van der Waals surface area contributed by atoms with Crippen LogP contribution in [0.4, 0.5) is 5.69 Å². The van der Waals surface area contributed by atoms with Crippen molar-refractivity contribution in [1.82, 2.24) is 25.5 Å². The lowest BCUT2D eigenvalue weighted by Gasteiger charge is -2.25. The molecule has 0 bridgehead atoms. The average Bonchev–Trinajstić information content (AvgIpc) is 3.72. The minimum atomic E-state index is -0.424. The summed E-state index contributed by atoms with van der Waals surface area (Å²) in [7, 11) is 0. The quantitative estimate of drug-likeness (QED) is 0.261. The average molecular weight is 541 g/mol. The first-order valence-electron chi connectivity index (χ1n) is 12.2. The van der Waals surface area contributed by atoms with E-state index in [1.807, 2.05) is 58.8 Å². The van der Waals surface area contributed by atoms with Gasteiger partial charge >= 0.3 is 0 Å². The Kier molecular flexibility index (Phi) is 6.91. The highest BCUT2D eigenvalue weighted by molar-refractivity contribution is 7.71. The topological polar surface area (TPSA) is 99.9 Å². The van der Waals surface area contributed by atoms with Crippen LogP contribution in [0, 0.1) is 4.84 Å². The number of aromatic amines is 1. The van der Waals surface area contributed by atoms with Gasteiger partial charge in [-0.15, -0.1) is 16.4 Å². The van der Waals surface area contributed by atoms with Gasteiger partial charge in [0.25, 0.3) is 4.84 Å². The maximum absolute atomic E-state index is 14.1. The fraction of sp³-hybridized carbons (Fsp3) is 0.179. The molecule has 0 saturated heterocycles. The van der Waals surface area contributed by atoms with Crippen LogP contribution in [0.15, 0.2) is 82.3 Å². The zero-order valence-corrected chi connectivity index (χ0v) is 22.0. The second kappa shape index (κ2) is 10.8. The van der Waals surface area contributed by atoms with Crippen LogP contribution in [0.25, 0.3) is 22.6 Å². The maximum Gasteiger partial charge on any atom is 0.284 e. The predicted octanol–water partition coefficient (Wildman–Crippen LogP) is 5.21. The van der Waals surface area contributed by atoms with Gasteiger partial charge < -0.3 is 9.32 Å². The molecule has 2 aromatic carbocycles. The van der Waals surface area contributed by atoms with Gasteiger partial charge in [-0.25, -0.2) is 10.1 Å². The Morgan fingerprint density at radius 1 is 1.16 bits per heavy atom. The van der Waals surface area contributed by atoms with Gasteiger partial charge in [-0.2, -0.15) is 0 Å². The van der Waals surface area contributed by atoms with Crippen molar-refractivity contribution in [1.29, 1.82) is 0 Å². The molecule has 6 rings (SSSR count). The third kappa shape index (κ3) is 5.06. The number of H-pyrrole nitrogens is 1. The molecular weight excluding hydrogens is 516 g/mol. The number of carbonyl (C=O) groups is 1. The number of amides is 1. The van der Waals surface area contributed by atoms with Crippen LogP contribution in [0.5, 0.6) is 0 Å². The molecule has 0 spiro atoms. The van der Waals surface area contributed by atoms with Gasteiger partial charge in [0.15, 0.2) is 0 Å². The largest absolute Gasteiger partial charge is 0.409 e. The molecule has 3 aromatic heterocycles. The number of nitrogens with one attached hydrogen (secondary N) is 2. The van der Waals surface area contributed by atoms with Crippen molar-refractivity contribution >= 4 is 35.1 Å². The van der Waals surface area contributed by atoms with Crippen molar-refractivity contribution in [3.63, 3.8) is 0 Å². The molecule has 5 aromatic rings. The lowest BCUT2D eigenvalue weighted by atomic mass is 9.97. The van der Waals surface area contributed by atoms with E-state index in [0.717, 1.165) is 39.2 Å². The molecule has 1 aliphatic heterocycles. The summed E-state index contributed by atoms with van der Waals surface area (Å²) in [6.45, 7) is 1.08. The fourth-order valence-electron chi connectivity index (χ4n) is 4.82. The Bertz CT molecular complexity index is 1600. The van der Waals surface area contributed by atoms with E-state index in [1.54, 1.807) is 29.2 Å². The normalized spacial score (nSPS) is 13.4. The minimum absolute atomic E-state index is 0.0172. The number of benzene rings is 2. The lowest BCUT2D eigenvalue weighted by molar-refractivity contribution is -0.120. The highest BCUT2D eigenvalue weighted by Crippen LogP contribution is 2.40. The minimum Gasteiger partial charge on any atom is -0.409 e. The molecule has 190 valence electrons. The first-order chi connectivity index (χ1) is 18.7. The third-order valence-electron chi connectivity index (χ3n) is 6.64. The summed E-state index contributed by atoms with van der Waals surface area (Å²) in [5, 5.41) is 12.5. The molecule has 0 aliphatic carbocycles. The van der Waals surface area contributed by atoms with E-state index in [-0.39, 0.29) is 10.7 Å². The van der Waals surface area contributed by atoms with Gasteiger partial charge in [0.2, 0.25) is 11.8 Å². The molecule has 38 heavy (non-hydrogen) atoms. The van der Waals surface area contributed by atoms with Gasteiger partial charge in [0, 0.05) is 42.1 Å². The number of anilines is 1. The monoisotopic (exact) mass is 540 g/mol. The van der Waals surface area contributed by atoms with Gasteiger partial charge in [0.1, 0.15) is 0 Å². The number of rotatable bonds is 8. The molecule has 1 atom stereocenters. The number of pyridine rings is 1. The highest BCUT2D eigenvalue weighted by atomic mass is 32.1. The fourth-order valence-corrected chi connectivity index (χ4v) is 5.50. The van der Waals surface area contributed by atoms with Crippen LogP contribution in [-0.4, -0.2) is 38.7 Å². The molecule has 8 nitrogen and oxygen atoms in total. The Morgan fingerprint density at radius 3 is 2.74 bits per heavy atom. The number of hydrogen-bond acceptors (Lipinski definition) is 8. The van der Waals surface area contributed by atoms with Crippen molar-refractivity contribution in [3.05, 3.63) is 99.5 Å². The third-order valence-corrected chi connectivity index (χ3v) is 7.45. The molecule has 2 N–H and O–H groups in total. The molecule has 0 radical (unpaired) electrons. The second-order valence-corrected chi connectivity index (χ2v) is 10.1. The maximum atomic E-state index is 14.1. The molecule has 10 heteroatoms. The highest BCUT2D eigenvalue weighted by Gasteiger charge is 2.33. The van der Waals surface area contributed by atoms with Crippen LogP contribution < -0.4 is 10.2 Å². The van der Waals surface area contributed by atoms with Gasteiger partial charge in [-0.05, 0) is 71.6 Å². The Morgan fingerprint density at radius 2 is 2.00 bits per heavy atom. The summed E-state index contributed by atoms with van der Waals surface area (Å²) in [5.41, 5.74) is 8.45. The van der Waals surface area contributed by atoms with Crippen LogP contribution in [0.1, 0.15) is 16.8 Å². The number of fused-ring (bicyclic) bond motifs is 1. The second-order valence-electron chi connectivity index (χ2n) is 9.02. The summed E-state index contributed by atoms with van der Waals surface area (Å²) in [6.07, 6.45) is 4.76. The molecular formula is C28H24N6O2S2. The van der Waals surface area contributed by atoms with Crippen LogP contribution in [0.3, 0.4) is 0 Å². The van der Waals surface area contributed by atoms with E-state index < -0.39 is 6.04 Å². The number of nitrogens with zero attached hydrogens (tertiary/aromatic N) is 4. The van der Waals surface area contributed by atoms with Crippen LogP contribution in [-0.2, 0) is 24.2 Å². The molecule has 1 aliphatic rings. The SMILES string of the molecule is O=C([C@H](Cc1ccccc1)NCc1cscn1)N1CCc2c(-c3n[nH]c(=S)o3)cc(-c3ccncc3)cc21. The Labute approximate surface area is 228 Å². The van der Waals surface area contributed by atoms with Crippen molar-refractivity contribution in [3.8, 4) is 22.6 Å². The van der Waals surface area contributed by atoms with E-state index in [1.165, 1.54) is 0 Å². The van der Waals surface area contributed by atoms with Crippen molar-refractivity contribution in [2.24, 2.45) is 0 Å². The van der Waals surface area contributed by atoms with Crippen LogP contribution in [0.2, 0.25) is 0 Å².